The maximum Gasteiger partial charge on any atom is 0.308 e. The minimum absolute atomic E-state index is 0.243. The molecule has 3 N–H and O–H groups in total. The van der Waals surface area contributed by atoms with E-state index >= 15 is 0 Å². The number of carboxylic acids is 1. The molecule has 3 nitrogen and oxygen atoms in total. The quantitative estimate of drug-likeness (QED) is 0.584. The second kappa shape index (κ2) is 3.45. The van der Waals surface area contributed by atoms with Crippen LogP contribution in [0.3, 0.4) is 0 Å². The molecule has 0 spiro atoms. The molecule has 54 valence electrons. The SMILES string of the molecule is CC[C@H](C(=O)O)[C@H](C)N. The van der Waals surface area contributed by atoms with Gasteiger partial charge in [-0.05, 0) is 13.3 Å². The molecule has 0 aliphatic rings. The predicted octanol–water partition coefficient (Wildman–Crippen LogP) is 0.444. The number of aliphatic carboxylic acids is 1. The van der Waals surface area contributed by atoms with Crippen LogP contribution in [0.5, 0.6) is 0 Å². The van der Waals surface area contributed by atoms with Crippen LogP contribution < -0.4 is 5.73 Å². The van der Waals surface area contributed by atoms with Crippen LogP contribution in [0.2, 0.25) is 0 Å². The van der Waals surface area contributed by atoms with Crippen molar-refractivity contribution in [1.29, 1.82) is 0 Å². The highest BCUT2D eigenvalue weighted by molar-refractivity contribution is 5.70. The zero-order chi connectivity index (χ0) is 7.44. The van der Waals surface area contributed by atoms with E-state index in [1.165, 1.54) is 0 Å². The van der Waals surface area contributed by atoms with E-state index in [9.17, 15) is 4.79 Å². The van der Waals surface area contributed by atoms with Gasteiger partial charge >= 0.3 is 5.97 Å². The van der Waals surface area contributed by atoms with Crippen LogP contribution in [0.4, 0.5) is 0 Å². The van der Waals surface area contributed by atoms with Crippen molar-refractivity contribution in [1.82, 2.24) is 0 Å². The number of hydrogen-bond acceptors (Lipinski definition) is 2. The van der Waals surface area contributed by atoms with Gasteiger partial charge < -0.3 is 10.8 Å². The Balaban J connectivity index is 3.83. The lowest BCUT2D eigenvalue weighted by Gasteiger charge is -2.12. The molecule has 0 heterocycles. The summed E-state index contributed by atoms with van der Waals surface area (Å²) in [5, 5.41) is 8.46. The highest BCUT2D eigenvalue weighted by Crippen LogP contribution is 2.05. The van der Waals surface area contributed by atoms with Gasteiger partial charge in [0.2, 0.25) is 0 Å². The highest BCUT2D eigenvalue weighted by Gasteiger charge is 2.18. The third-order valence-electron chi connectivity index (χ3n) is 1.39. The van der Waals surface area contributed by atoms with Crippen molar-refractivity contribution in [2.24, 2.45) is 11.7 Å². The van der Waals surface area contributed by atoms with Crippen molar-refractivity contribution in [3.05, 3.63) is 0 Å². The topological polar surface area (TPSA) is 63.3 Å². The minimum atomic E-state index is -0.799. The largest absolute Gasteiger partial charge is 0.481 e. The van der Waals surface area contributed by atoms with Gasteiger partial charge in [0.1, 0.15) is 0 Å². The van der Waals surface area contributed by atoms with Gasteiger partial charge in [-0.1, -0.05) is 6.92 Å². The van der Waals surface area contributed by atoms with Crippen molar-refractivity contribution in [2.45, 2.75) is 26.3 Å². The maximum absolute atomic E-state index is 10.3. The second-order valence-corrected chi connectivity index (χ2v) is 2.21. The molecule has 0 radical (unpaired) electrons. The Labute approximate surface area is 54.9 Å². The fourth-order valence-corrected chi connectivity index (χ4v) is 0.771. The molecule has 0 rings (SSSR count). The maximum atomic E-state index is 10.3. The van der Waals surface area contributed by atoms with Crippen LogP contribution >= 0.6 is 0 Å². The first-order valence-electron chi connectivity index (χ1n) is 3.08. The molecule has 0 saturated carbocycles. The number of rotatable bonds is 3. The van der Waals surface area contributed by atoms with Gasteiger partial charge in [0.05, 0.1) is 5.92 Å². The summed E-state index contributed by atoms with van der Waals surface area (Å²) in [5.41, 5.74) is 5.37. The summed E-state index contributed by atoms with van der Waals surface area (Å²) in [5.74, 6) is -1.18. The zero-order valence-electron chi connectivity index (χ0n) is 5.79. The zero-order valence-corrected chi connectivity index (χ0v) is 5.79. The van der Waals surface area contributed by atoms with E-state index in [4.69, 9.17) is 10.8 Å². The van der Waals surface area contributed by atoms with E-state index in [1.807, 2.05) is 6.92 Å². The van der Waals surface area contributed by atoms with E-state index in [1.54, 1.807) is 6.92 Å². The summed E-state index contributed by atoms with van der Waals surface area (Å²) >= 11 is 0. The standard InChI is InChI=1S/C6H13NO2/c1-3-5(4(2)7)6(8)9/h4-5H,3,7H2,1-2H3,(H,8,9)/t4-,5-/m0/s1. The molecule has 0 aromatic carbocycles. The summed E-state index contributed by atoms with van der Waals surface area (Å²) in [7, 11) is 0. The molecule has 0 amide bonds. The van der Waals surface area contributed by atoms with Gasteiger partial charge in [0, 0.05) is 6.04 Å². The van der Waals surface area contributed by atoms with Crippen LogP contribution in [0.15, 0.2) is 0 Å². The van der Waals surface area contributed by atoms with Gasteiger partial charge in [-0.3, -0.25) is 4.79 Å². The van der Waals surface area contributed by atoms with Gasteiger partial charge in [-0.2, -0.15) is 0 Å². The fourth-order valence-electron chi connectivity index (χ4n) is 0.771. The summed E-state index contributed by atoms with van der Waals surface area (Å²) in [6.07, 6.45) is 0.604. The van der Waals surface area contributed by atoms with Gasteiger partial charge in [0.15, 0.2) is 0 Å². The van der Waals surface area contributed by atoms with E-state index in [0.29, 0.717) is 6.42 Å². The lowest BCUT2D eigenvalue weighted by molar-refractivity contribution is -0.142. The van der Waals surface area contributed by atoms with Crippen molar-refractivity contribution in [2.75, 3.05) is 0 Å². The predicted molar refractivity (Wildman–Crippen MR) is 35.1 cm³/mol. The molecule has 3 heteroatoms. The van der Waals surface area contributed by atoms with Gasteiger partial charge in [-0.15, -0.1) is 0 Å². The molecule has 0 aromatic heterocycles. The molecule has 0 saturated heterocycles. The van der Waals surface area contributed by atoms with E-state index in [-0.39, 0.29) is 12.0 Å². The molecule has 0 aliphatic heterocycles. The third kappa shape index (κ3) is 2.46. The number of nitrogens with two attached hydrogens (primary N) is 1. The van der Waals surface area contributed by atoms with E-state index in [2.05, 4.69) is 0 Å². The van der Waals surface area contributed by atoms with E-state index in [0.717, 1.165) is 0 Å². The molecule has 0 aliphatic carbocycles. The molecule has 0 fully saturated rings. The van der Waals surface area contributed by atoms with Crippen LogP contribution in [0, 0.1) is 5.92 Å². The van der Waals surface area contributed by atoms with Gasteiger partial charge in [-0.25, -0.2) is 0 Å². The molecule has 0 unspecified atom stereocenters. The van der Waals surface area contributed by atoms with Crippen LogP contribution in [0.1, 0.15) is 20.3 Å². The fraction of sp³-hybridized carbons (Fsp3) is 0.833. The van der Waals surface area contributed by atoms with Gasteiger partial charge in [0.25, 0.3) is 0 Å². The van der Waals surface area contributed by atoms with Crippen molar-refractivity contribution < 1.29 is 9.90 Å². The van der Waals surface area contributed by atoms with Crippen molar-refractivity contribution in [3.8, 4) is 0 Å². The summed E-state index contributed by atoms with van der Waals surface area (Å²) in [6, 6.07) is -0.243. The Morgan fingerprint density at radius 1 is 1.78 bits per heavy atom. The average Bonchev–Trinajstić information content (AvgIpc) is 1.64. The first kappa shape index (κ1) is 8.43. The summed E-state index contributed by atoms with van der Waals surface area (Å²) in [6.45, 7) is 3.53. The Kier molecular flexibility index (Phi) is 3.24. The molecular formula is C6H13NO2. The van der Waals surface area contributed by atoms with Crippen molar-refractivity contribution >= 4 is 5.97 Å². The molecule has 0 aromatic rings. The lowest BCUT2D eigenvalue weighted by Crippen LogP contribution is -2.32. The third-order valence-corrected chi connectivity index (χ3v) is 1.39. The Morgan fingerprint density at radius 2 is 2.22 bits per heavy atom. The number of hydrogen-bond donors (Lipinski definition) is 2. The number of carboxylic acid groups (broad SMARTS) is 1. The highest BCUT2D eigenvalue weighted by atomic mass is 16.4. The second-order valence-electron chi connectivity index (χ2n) is 2.21. The number of carbonyl (C=O) groups is 1. The Bertz CT molecular complexity index is 101. The first-order chi connectivity index (χ1) is 4.09. The monoisotopic (exact) mass is 131 g/mol. The molecule has 9 heavy (non-hydrogen) atoms. The lowest BCUT2D eigenvalue weighted by atomic mass is 10.00. The molecule has 2 atom stereocenters. The molecular weight excluding hydrogens is 118 g/mol. The van der Waals surface area contributed by atoms with Crippen LogP contribution in [-0.2, 0) is 4.79 Å². The molecule has 0 bridgehead atoms. The summed E-state index contributed by atoms with van der Waals surface area (Å²) in [4.78, 5) is 10.3. The summed E-state index contributed by atoms with van der Waals surface area (Å²) < 4.78 is 0. The minimum Gasteiger partial charge on any atom is -0.481 e. The first-order valence-corrected chi connectivity index (χ1v) is 3.08. The van der Waals surface area contributed by atoms with E-state index < -0.39 is 5.97 Å². The average molecular weight is 131 g/mol. The Morgan fingerprint density at radius 3 is 2.22 bits per heavy atom. The smallest absolute Gasteiger partial charge is 0.308 e. The normalized spacial score (nSPS) is 16.8. The van der Waals surface area contributed by atoms with Crippen LogP contribution in [0.25, 0.3) is 0 Å². The van der Waals surface area contributed by atoms with Crippen LogP contribution in [-0.4, -0.2) is 17.1 Å². The van der Waals surface area contributed by atoms with Crippen molar-refractivity contribution in [3.63, 3.8) is 0 Å². The Hall–Kier alpha value is -0.570.